The number of hydrogen-bond donors (Lipinski definition) is 1. The fourth-order valence-electron chi connectivity index (χ4n) is 1.79. The predicted molar refractivity (Wildman–Crippen MR) is 80.9 cm³/mol. The highest BCUT2D eigenvalue weighted by Crippen LogP contribution is 2.21. The fraction of sp³-hybridized carbons (Fsp3) is 0.308. The number of aromatic nitrogens is 2. The van der Waals surface area contributed by atoms with Gasteiger partial charge in [0, 0.05) is 11.0 Å². The third-order valence-corrected chi connectivity index (χ3v) is 4.27. The van der Waals surface area contributed by atoms with Crippen LogP contribution in [0.1, 0.15) is 25.9 Å². The van der Waals surface area contributed by atoms with Gasteiger partial charge in [0.05, 0.1) is 12.1 Å². The number of rotatable bonds is 5. The first-order chi connectivity index (χ1) is 9.45. The topological polar surface area (TPSA) is 66.3 Å². The average molecular weight is 356 g/mol. The van der Waals surface area contributed by atoms with E-state index >= 15 is 0 Å². The number of benzene rings is 1. The van der Waals surface area contributed by atoms with Crippen molar-refractivity contribution in [2.75, 3.05) is 7.05 Å². The fourth-order valence-corrected chi connectivity index (χ4v) is 3.08. The van der Waals surface area contributed by atoms with E-state index < -0.39 is 5.97 Å². The molecule has 0 aliphatic heterocycles. The van der Waals surface area contributed by atoms with Crippen LogP contribution in [0, 0.1) is 6.92 Å². The monoisotopic (exact) mass is 355 g/mol. The van der Waals surface area contributed by atoms with Crippen molar-refractivity contribution in [3.05, 3.63) is 43.8 Å². The summed E-state index contributed by atoms with van der Waals surface area (Å²) < 4.78 is 0.803. The van der Waals surface area contributed by atoms with Crippen LogP contribution in [-0.2, 0) is 13.1 Å². The van der Waals surface area contributed by atoms with Gasteiger partial charge in [-0.1, -0.05) is 22.0 Å². The smallest absolute Gasteiger partial charge is 0.335 e. The Balaban J connectivity index is 2.04. The van der Waals surface area contributed by atoms with E-state index in [9.17, 15) is 4.79 Å². The van der Waals surface area contributed by atoms with Crippen LogP contribution in [0.15, 0.2) is 22.7 Å². The van der Waals surface area contributed by atoms with Crippen LogP contribution in [0.25, 0.3) is 0 Å². The van der Waals surface area contributed by atoms with E-state index in [2.05, 4.69) is 31.0 Å². The second-order valence-electron chi connectivity index (χ2n) is 4.50. The van der Waals surface area contributed by atoms with Gasteiger partial charge < -0.3 is 5.11 Å². The predicted octanol–water partition coefficient (Wildman–Crippen LogP) is 2.94. The lowest BCUT2D eigenvalue weighted by Gasteiger charge is -2.16. The van der Waals surface area contributed by atoms with Crippen LogP contribution in [0.5, 0.6) is 0 Å². The summed E-state index contributed by atoms with van der Waals surface area (Å²) in [6.45, 7) is 3.36. The molecule has 0 fully saturated rings. The number of aromatic carboxylic acids is 1. The van der Waals surface area contributed by atoms with Crippen LogP contribution >= 0.6 is 27.3 Å². The molecule has 2 rings (SSSR count). The molecule has 0 bridgehead atoms. The second-order valence-corrected chi connectivity index (χ2v) is 6.62. The van der Waals surface area contributed by atoms with Crippen molar-refractivity contribution in [3.8, 4) is 0 Å². The molecule has 1 aromatic carbocycles. The quantitative estimate of drug-likeness (QED) is 0.892. The average Bonchev–Trinajstić information content (AvgIpc) is 2.77. The Hall–Kier alpha value is -1.31. The van der Waals surface area contributed by atoms with Crippen LogP contribution < -0.4 is 0 Å². The molecule has 1 heterocycles. The summed E-state index contributed by atoms with van der Waals surface area (Å²) in [7, 11) is 1.99. The first kappa shape index (κ1) is 15.1. The summed E-state index contributed by atoms with van der Waals surface area (Å²) in [5, 5.41) is 19.0. The molecule has 2 aromatic rings. The number of halogens is 1. The van der Waals surface area contributed by atoms with Crippen LogP contribution in [0.2, 0.25) is 0 Å². The number of carboxylic acids is 1. The molecule has 0 amide bonds. The summed E-state index contributed by atoms with van der Waals surface area (Å²) >= 11 is 5.00. The minimum atomic E-state index is -0.921. The molecule has 20 heavy (non-hydrogen) atoms. The zero-order valence-electron chi connectivity index (χ0n) is 11.1. The molecule has 0 aliphatic carbocycles. The summed E-state index contributed by atoms with van der Waals surface area (Å²) in [4.78, 5) is 13.0. The van der Waals surface area contributed by atoms with Crippen molar-refractivity contribution >= 4 is 33.2 Å². The van der Waals surface area contributed by atoms with Crippen molar-refractivity contribution < 1.29 is 9.90 Å². The maximum Gasteiger partial charge on any atom is 0.335 e. The molecule has 0 radical (unpaired) electrons. The molecule has 1 N–H and O–H groups in total. The summed E-state index contributed by atoms with van der Waals surface area (Å²) in [5.41, 5.74) is 1.32. The molecule has 106 valence electrons. The van der Waals surface area contributed by atoms with Crippen molar-refractivity contribution in [2.24, 2.45) is 0 Å². The van der Waals surface area contributed by atoms with Gasteiger partial charge in [-0.25, -0.2) is 4.79 Å². The van der Waals surface area contributed by atoms with E-state index in [1.807, 2.05) is 20.0 Å². The Bertz CT molecular complexity index is 630. The van der Waals surface area contributed by atoms with E-state index in [1.165, 1.54) is 0 Å². The summed E-state index contributed by atoms with van der Waals surface area (Å²) in [5.74, 6) is -0.921. The number of nitrogens with zero attached hydrogens (tertiary/aromatic N) is 3. The van der Waals surface area contributed by atoms with Crippen molar-refractivity contribution in [2.45, 2.75) is 20.0 Å². The van der Waals surface area contributed by atoms with Crippen molar-refractivity contribution in [1.29, 1.82) is 0 Å². The molecule has 0 spiro atoms. The lowest BCUT2D eigenvalue weighted by atomic mass is 10.1. The maximum absolute atomic E-state index is 10.9. The van der Waals surface area contributed by atoms with Crippen molar-refractivity contribution in [1.82, 2.24) is 15.1 Å². The lowest BCUT2D eigenvalue weighted by molar-refractivity contribution is 0.0697. The highest BCUT2D eigenvalue weighted by atomic mass is 79.9. The highest BCUT2D eigenvalue weighted by molar-refractivity contribution is 9.10. The van der Waals surface area contributed by atoms with Gasteiger partial charge in [0.2, 0.25) is 0 Å². The standard InChI is InChI=1S/C13H14BrN3O2S/c1-8-15-16-12(20-8)7-17(2)6-10-4-3-9(13(18)19)5-11(10)14/h3-5H,6-7H2,1-2H3,(H,18,19). The van der Waals surface area contributed by atoms with Gasteiger partial charge in [-0.05, 0) is 31.7 Å². The Kier molecular flexibility index (Phi) is 4.85. The molecule has 0 aliphatic rings. The maximum atomic E-state index is 10.9. The molecule has 0 atom stereocenters. The van der Waals surface area contributed by atoms with Gasteiger partial charge >= 0.3 is 5.97 Å². The first-order valence-electron chi connectivity index (χ1n) is 5.95. The molecule has 0 saturated carbocycles. The third kappa shape index (κ3) is 3.84. The van der Waals surface area contributed by atoms with Gasteiger partial charge in [0.25, 0.3) is 0 Å². The zero-order valence-corrected chi connectivity index (χ0v) is 13.5. The molecule has 0 saturated heterocycles. The Morgan fingerprint density at radius 3 is 2.70 bits per heavy atom. The van der Waals surface area contributed by atoms with E-state index in [4.69, 9.17) is 5.11 Å². The molecule has 5 nitrogen and oxygen atoms in total. The van der Waals surface area contributed by atoms with Gasteiger partial charge in [-0.15, -0.1) is 21.5 Å². The Morgan fingerprint density at radius 1 is 1.40 bits per heavy atom. The van der Waals surface area contributed by atoms with E-state index in [-0.39, 0.29) is 5.56 Å². The minimum absolute atomic E-state index is 0.281. The van der Waals surface area contributed by atoms with Crippen molar-refractivity contribution in [3.63, 3.8) is 0 Å². The minimum Gasteiger partial charge on any atom is -0.478 e. The van der Waals surface area contributed by atoms with E-state index in [0.717, 1.165) is 26.6 Å². The molecule has 0 unspecified atom stereocenters. The zero-order chi connectivity index (χ0) is 14.7. The lowest BCUT2D eigenvalue weighted by Crippen LogP contribution is -2.17. The van der Waals surface area contributed by atoms with Crippen LogP contribution in [-0.4, -0.2) is 33.2 Å². The van der Waals surface area contributed by atoms with E-state index in [0.29, 0.717) is 6.54 Å². The summed E-state index contributed by atoms with van der Waals surface area (Å²) in [6, 6.07) is 5.07. The normalized spacial score (nSPS) is 11.0. The number of hydrogen-bond acceptors (Lipinski definition) is 5. The SMILES string of the molecule is Cc1nnc(CN(C)Cc2ccc(C(=O)O)cc2Br)s1. The second kappa shape index (κ2) is 6.43. The Morgan fingerprint density at radius 2 is 2.15 bits per heavy atom. The van der Waals surface area contributed by atoms with Gasteiger partial charge in [0.1, 0.15) is 10.0 Å². The number of aryl methyl sites for hydroxylation is 1. The molecular formula is C13H14BrN3O2S. The summed E-state index contributed by atoms with van der Waals surface area (Å²) in [6.07, 6.45) is 0. The molecule has 7 heteroatoms. The highest BCUT2D eigenvalue weighted by Gasteiger charge is 2.10. The third-order valence-electron chi connectivity index (χ3n) is 2.71. The molecular weight excluding hydrogens is 342 g/mol. The van der Waals surface area contributed by atoms with E-state index in [1.54, 1.807) is 23.5 Å². The number of carboxylic acid groups (broad SMARTS) is 1. The van der Waals surface area contributed by atoms with Gasteiger partial charge in [0.15, 0.2) is 0 Å². The van der Waals surface area contributed by atoms with Crippen LogP contribution in [0.3, 0.4) is 0 Å². The number of carbonyl (C=O) groups is 1. The van der Waals surface area contributed by atoms with Crippen LogP contribution in [0.4, 0.5) is 0 Å². The van der Waals surface area contributed by atoms with Gasteiger partial charge in [-0.3, -0.25) is 4.90 Å². The molecule has 1 aromatic heterocycles. The van der Waals surface area contributed by atoms with Gasteiger partial charge in [-0.2, -0.15) is 0 Å². The largest absolute Gasteiger partial charge is 0.478 e. The Labute approximate surface area is 129 Å². The first-order valence-corrected chi connectivity index (χ1v) is 7.56.